The number of hydrogen-bond donors (Lipinski definition) is 1. The van der Waals surface area contributed by atoms with Crippen LogP contribution >= 0.6 is 0 Å². The number of phenols is 1. The number of fused-ring (bicyclic) bond motifs is 1. The minimum atomic E-state index is 0.312. The van der Waals surface area contributed by atoms with Gasteiger partial charge in [-0.1, -0.05) is 36.4 Å². The van der Waals surface area contributed by atoms with E-state index in [1.807, 2.05) is 36.7 Å². The van der Waals surface area contributed by atoms with Crippen LogP contribution < -0.4 is 0 Å². The highest BCUT2D eigenvalue weighted by molar-refractivity contribution is 5.88. The van der Waals surface area contributed by atoms with Crippen molar-refractivity contribution in [2.45, 2.75) is 25.9 Å². The first-order valence-corrected chi connectivity index (χ1v) is 10.2. The lowest BCUT2D eigenvalue weighted by Gasteiger charge is -2.18. The quantitative estimate of drug-likeness (QED) is 0.552. The van der Waals surface area contributed by atoms with E-state index in [1.165, 1.54) is 12.8 Å². The van der Waals surface area contributed by atoms with Gasteiger partial charge in [0.2, 0.25) is 0 Å². The van der Waals surface area contributed by atoms with Crippen molar-refractivity contribution in [1.29, 1.82) is 0 Å². The molecule has 1 saturated heterocycles. The third-order valence-electron chi connectivity index (χ3n) is 5.68. The molecule has 146 valence electrons. The number of hydrogen-bond acceptors (Lipinski definition) is 4. The van der Waals surface area contributed by atoms with E-state index < -0.39 is 0 Å². The van der Waals surface area contributed by atoms with Crippen LogP contribution in [0.15, 0.2) is 67.3 Å². The van der Waals surface area contributed by atoms with Gasteiger partial charge < -0.3 is 9.67 Å². The number of rotatable bonds is 5. The topological polar surface area (TPSA) is 54.2 Å². The number of nitrogens with zero attached hydrogens (tertiary/aromatic N) is 4. The van der Waals surface area contributed by atoms with Gasteiger partial charge in [-0.15, -0.1) is 0 Å². The number of aromatic nitrogens is 3. The van der Waals surface area contributed by atoms with Crippen molar-refractivity contribution >= 4 is 10.9 Å². The molecule has 0 spiro atoms. The Morgan fingerprint density at radius 1 is 0.897 bits per heavy atom. The molecule has 5 rings (SSSR count). The number of benzene rings is 2. The van der Waals surface area contributed by atoms with Gasteiger partial charge >= 0.3 is 0 Å². The standard InChI is InChI=1S/C24H24N4O/c29-24-20(15-27-11-4-5-12-27)13-19(21-9-6-10-25-23(21)24)14-28-16-22(26-17-28)18-7-2-1-3-8-18/h1-3,6-10,13,16-17,29H,4-5,11-12,14-15H2. The highest BCUT2D eigenvalue weighted by atomic mass is 16.3. The number of imidazole rings is 1. The van der Waals surface area contributed by atoms with Crippen molar-refractivity contribution in [3.05, 3.63) is 78.4 Å². The molecule has 0 unspecified atom stereocenters. The lowest BCUT2D eigenvalue weighted by Crippen LogP contribution is -2.18. The molecule has 0 bridgehead atoms. The fourth-order valence-corrected chi connectivity index (χ4v) is 4.20. The summed E-state index contributed by atoms with van der Waals surface area (Å²) in [7, 11) is 0. The molecule has 2 aromatic carbocycles. The van der Waals surface area contributed by atoms with Gasteiger partial charge in [0.15, 0.2) is 0 Å². The molecule has 0 radical (unpaired) electrons. The summed E-state index contributed by atoms with van der Waals surface area (Å²) in [6.07, 6.45) is 8.16. The Morgan fingerprint density at radius 2 is 1.72 bits per heavy atom. The summed E-state index contributed by atoms with van der Waals surface area (Å²) in [4.78, 5) is 11.5. The highest BCUT2D eigenvalue weighted by Crippen LogP contribution is 2.32. The van der Waals surface area contributed by atoms with Crippen LogP contribution in [0.3, 0.4) is 0 Å². The van der Waals surface area contributed by atoms with E-state index in [2.05, 4.69) is 43.8 Å². The smallest absolute Gasteiger partial charge is 0.146 e. The highest BCUT2D eigenvalue weighted by Gasteiger charge is 2.18. The van der Waals surface area contributed by atoms with Crippen molar-refractivity contribution in [3.63, 3.8) is 0 Å². The predicted molar refractivity (Wildman–Crippen MR) is 115 cm³/mol. The monoisotopic (exact) mass is 384 g/mol. The number of phenolic OH excluding ortho intramolecular Hbond substituents is 1. The average molecular weight is 384 g/mol. The summed E-state index contributed by atoms with van der Waals surface area (Å²) in [5.41, 5.74) is 4.86. The summed E-state index contributed by atoms with van der Waals surface area (Å²) < 4.78 is 2.10. The minimum Gasteiger partial charge on any atom is -0.505 e. The van der Waals surface area contributed by atoms with E-state index in [0.29, 0.717) is 17.8 Å². The van der Waals surface area contributed by atoms with Gasteiger partial charge in [-0.25, -0.2) is 4.98 Å². The Hall–Kier alpha value is -3.18. The summed E-state index contributed by atoms with van der Waals surface area (Å²) in [6, 6.07) is 16.3. The second-order valence-electron chi connectivity index (χ2n) is 7.72. The molecule has 5 heteroatoms. The van der Waals surface area contributed by atoms with Gasteiger partial charge in [0.05, 0.1) is 12.0 Å². The largest absolute Gasteiger partial charge is 0.505 e. The second kappa shape index (κ2) is 7.68. The van der Waals surface area contributed by atoms with Gasteiger partial charge in [0.1, 0.15) is 11.3 Å². The third kappa shape index (κ3) is 3.61. The van der Waals surface area contributed by atoms with Gasteiger partial charge in [-0.2, -0.15) is 0 Å². The molecule has 0 aliphatic carbocycles. The first kappa shape index (κ1) is 17.9. The summed E-state index contributed by atoms with van der Waals surface area (Å²) in [6.45, 7) is 3.65. The maximum atomic E-state index is 10.8. The maximum absolute atomic E-state index is 10.8. The molecule has 0 atom stereocenters. The van der Waals surface area contributed by atoms with Crippen molar-refractivity contribution < 1.29 is 5.11 Å². The van der Waals surface area contributed by atoms with E-state index in [4.69, 9.17) is 0 Å². The summed E-state index contributed by atoms with van der Waals surface area (Å²) in [5, 5.41) is 11.8. The normalized spacial score (nSPS) is 14.6. The summed E-state index contributed by atoms with van der Waals surface area (Å²) >= 11 is 0. The van der Waals surface area contributed by atoms with Crippen LogP contribution in [-0.2, 0) is 13.1 Å². The van der Waals surface area contributed by atoms with Gasteiger partial charge in [-0.3, -0.25) is 9.88 Å². The van der Waals surface area contributed by atoms with Crippen LogP contribution in [0, 0.1) is 0 Å². The second-order valence-corrected chi connectivity index (χ2v) is 7.72. The zero-order chi connectivity index (χ0) is 19.6. The molecule has 2 aromatic heterocycles. The number of aromatic hydroxyl groups is 1. The molecule has 1 aliphatic rings. The van der Waals surface area contributed by atoms with E-state index in [1.54, 1.807) is 6.20 Å². The Kier molecular flexibility index (Phi) is 4.74. The van der Waals surface area contributed by atoms with Crippen molar-refractivity contribution in [3.8, 4) is 17.0 Å². The predicted octanol–water partition coefficient (Wildman–Crippen LogP) is 4.45. The molecule has 29 heavy (non-hydrogen) atoms. The van der Waals surface area contributed by atoms with Gasteiger partial charge in [0.25, 0.3) is 0 Å². The van der Waals surface area contributed by atoms with Crippen molar-refractivity contribution in [2.75, 3.05) is 13.1 Å². The first-order valence-electron chi connectivity index (χ1n) is 10.2. The first-order chi connectivity index (χ1) is 14.3. The van der Waals surface area contributed by atoms with Crippen LogP contribution in [0.1, 0.15) is 24.0 Å². The Morgan fingerprint density at radius 3 is 2.55 bits per heavy atom. The molecule has 0 saturated carbocycles. The van der Waals surface area contributed by atoms with Crippen molar-refractivity contribution in [1.82, 2.24) is 19.4 Å². The van der Waals surface area contributed by atoms with E-state index >= 15 is 0 Å². The Balaban J connectivity index is 1.50. The lowest BCUT2D eigenvalue weighted by atomic mass is 10.0. The van der Waals surface area contributed by atoms with Crippen LogP contribution in [-0.4, -0.2) is 37.6 Å². The number of likely N-dealkylation sites (tertiary alicyclic amines) is 1. The molecule has 1 fully saturated rings. The molecule has 5 nitrogen and oxygen atoms in total. The van der Waals surface area contributed by atoms with Crippen molar-refractivity contribution in [2.24, 2.45) is 0 Å². The van der Waals surface area contributed by atoms with Crippen LogP contribution in [0.25, 0.3) is 22.2 Å². The maximum Gasteiger partial charge on any atom is 0.146 e. The fraction of sp³-hybridized carbons (Fsp3) is 0.250. The van der Waals surface area contributed by atoms with Gasteiger partial charge in [-0.05, 0) is 43.6 Å². The van der Waals surface area contributed by atoms with Gasteiger partial charge in [0, 0.05) is 42.0 Å². The Labute approximate surface area is 170 Å². The molecular weight excluding hydrogens is 360 g/mol. The summed E-state index contributed by atoms with van der Waals surface area (Å²) in [5.74, 6) is 0.312. The van der Waals surface area contributed by atoms with E-state index in [-0.39, 0.29) is 0 Å². The molecule has 0 amide bonds. The SMILES string of the molecule is Oc1c(CN2CCCC2)cc(Cn2cnc(-c3ccccc3)c2)c2cccnc12. The van der Waals surface area contributed by atoms with E-state index in [0.717, 1.165) is 47.4 Å². The lowest BCUT2D eigenvalue weighted by molar-refractivity contribution is 0.324. The minimum absolute atomic E-state index is 0.312. The average Bonchev–Trinajstić information content (AvgIpc) is 3.44. The van der Waals surface area contributed by atoms with Crippen LogP contribution in [0.4, 0.5) is 0 Å². The number of pyridine rings is 1. The Bertz CT molecular complexity index is 1130. The van der Waals surface area contributed by atoms with E-state index in [9.17, 15) is 5.11 Å². The van der Waals surface area contributed by atoms with Crippen LogP contribution in [0.2, 0.25) is 0 Å². The van der Waals surface area contributed by atoms with Crippen LogP contribution in [0.5, 0.6) is 5.75 Å². The molecule has 3 heterocycles. The molecule has 4 aromatic rings. The molecule has 1 aliphatic heterocycles. The zero-order valence-electron chi connectivity index (χ0n) is 16.3. The fourth-order valence-electron chi connectivity index (χ4n) is 4.20. The molecule has 1 N–H and O–H groups in total. The third-order valence-corrected chi connectivity index (χ3v) is 5.68. The zero-order valence-corrected chi connectivity index (χ0v) is 16.3. The molecular formula is C24H24N4O.